The molecule has 2 unspecified atom stereocenters. The first-order chi connectivity index (χ1) is 28.8. The summed E-state index contributed by atoms with van der Waals surface area (Å²) in [6, 6.07) is 0. The van der Waals surface area contributed by atoms with E-state index in [0.717, 1.165) is 38.5 Å². The molecule has 0 aromatic rings. The van der Waals surface area contributed by atoms with Crippen molar-refractivity contribution in [3.8, 4) is 0 Å². The summed E-state index contributed by atoms with van der Waals surface area (Å²) in [5.74, 6) is 0. The summed E-state index contributed by atoms with van der Waals surface area (Å²) in [4.78, 5) is 0. The molecule has 2 heterocycles. The van der Waals surface area contributed by atoms with Crippen molar-refractivity contribution in [2.24, 2.45) is 0 Å². The van der Waals surface area contributed by atoms with E-state index in [1.54, 1.807) is 0 Å². The quantitative estimate of drug-likeness (QED) is 0.0294. The molecule has 352 valence electrons. The van der Waals surface area contributed by atoms with Crippen LogP contribution in [0.25, 0.3) is 0 Å². The van der Waals surface area contributed by atoms with E-state index in [1.807, 2.05) is 0 Å². The van der Waals surface area contributed by atoms with Gasteiger partial charge in [0, 0.05) is 0 Å². The van der Waals surface area contributed by atoms with Gasteiger partial charge in [-0.2, -0.15) is 0 Å². The molecule has 2 fully saturated rings. The standard InChI is InChI=1S/C48H94O11/c1-3-5-7-9-11-13-15-17-19-21-23-25-27-29-31-33-35-38(34-32-30-28-26-24-22-20-18-16-14-12-10-8-6-4-2)56-47-45(55)43(53)46(40(37-50)58-47)59-48-44(54)42(52)41(51)39(36-49)57-48/h38-55H,3-37H2,1-2H3/t38?,39-,40-,41+,42-,43+,44-,45-,46-,47+,48?/m0/s1. The highest BCUT2D eigenvalue weighted by atomic mass is 16.7. The fraction of sp³-hybridized carbons (Fsp3) is 1.00. The van der Waals surface area contributed by atoms with Gasteiger partial charge >= 0.3 is 0 Å². The smallest absolute Gasteiger partial charge is 0.187 e. The van der Waals surface area contributed by atoms with Crippen LogP contribution in [0.15, 0.2) is 0 Å². The van der Waals surface area contributed by atoms with Crippen molar-refractivity contribution < 1.29 is 54.7 Å². The summed E-state index contributed by atoms with van der Waals surface area (Å²) >= 11 is 0. The van der Waals surface area contributed by atoms with E-state index >= 15 is 0 Å². The molecule has 0 spiro atoms. The van der Waals surface area contributed by atoms with Gasteiger partial charge in [0.2, 0.25) is 0 Å². The molecule has 0 amide bonds. The Morgan fingerprint density at radius 3 is 1.05 bits per heavy atom. The minimum Gasteiger partial charge on any atom is -0.394 e. The zero-order valence-corrected chi connectivity index (χ0v) is 37.9. The molecule has 11 atom stereocenters. The molecule has 0 bridgehead atoms. The van der Waals surface area contributed by atoms with E-state index in [-0.39, 0.29) is 6.10 Å². The van der Waals surface area contributed by atoms with Crippen molar-refractivity contribution in [1.82, 2.24) is 0 Å². The number of ether oxygens (including phenoxy) is 4. The highest BCUT2D eigenvalue weighted by Gasteiger charge is 2.51. The lowest BCUT2D eigenvalue weighted by Crippen LogP contribution is -2.64. The fourth-order valence-electron chi connectivity index (χ4n) is 8.80. The highest BCUT2D eigenvalue weighted by molar-refractivity contribution is 4.94. The number of hydrogen-bond acceptors (Lipinski definition) is 11. The second-order valence-electron chi connectivity index (χ2n) is 18.1. The summed E-state index contributed by atoms with van der Waals surface area (Å²) < 4.78 is 23.6. The van der Waals surface area contributed by atoms with E-state index in [2.05, 4.69) is 13.8 Å². The van der Waals surface area contributed by atoms with Crippen LogP contribution in [0.3, 0.4) is 0 Å². The molecule has 2 aliphatic heterocycles. The highest BCUT2D eigenvalue weighted by Crippen LogP contribution is 2.31. The molecule has 59 heavy (non-hydrogen) atoms. The van der Waals surface area contributed by atoms with Crippen molar-refractivity contribution in [2.75, 3.05) is 13.2 Å². The minimum absolute atomic E-state index is 0.183. The third-order valence-electron chi connectivity index (χ3n) is 12.8. The number of aliphatic hydroxyl groups is 7. The molecule has 11 nitrogen and oxygen atoms in total. The van der Waals surface area contributed by atoms with Gasteiger partial charge in [0.25, 0.3) is 0 Å². The molecule has 11 heteroatoms. The molecule has 0 aliphatic carbocycles. The monoisotopic (exact) mass is 847 g/mol. The molecule has 0 radical (unpaired) electrons. The maximum absolute atomic E-state index is 11.2. The zero-order chi connectivity index (χ0) is 42.9. The predicted octanol–water partition coefficient (Wildman–Crippen LogP) is 8.91. The first kappa shape index (κ1) is 54.7. The van der Waals surface area contributed by atoms with Gasteiger partial charge < -0.3 is 54.7 Å². The van der Waals surface area contributed by atoms with Crippen LogP contribution in [-0.4, -0.2) is 116 Å². The Morgan fingerprint density at radius 1 is 0.373 bits per heavy atom. The predicted molar refractivity (Wildman–Crippen MR) is 235 cm³/mol. The first-order valence-corrected chi connectivity index (χ1v) is 25.0. The average molecular weight is 847 g/mol. The Morgan fingerprint density at radius 2 is 0.695 bits per heavy atom. The molecular formula is C48H94O11. The Hall–Kier alpha value is -0.440. The number of rotatable bonds is 39. The van der Waals surface area contributed by atoms with Crippen molar-refractivity contribution in [2.45, 2.75) is 293 Å². The van der Waals surface area contributed by atoms with Crippen LogP contribution in [-0.2, 0) is 18.9 Å². The molecule has 0 aromatic heterocycles. The maximum Gasteiger partial charge on any atom is 0.187 e. The van der Waals surface area contributed by atoms with Gasteiger partial charge in [0.05, 0.1) is 19.3 Å². The summed E-state index contributed by atoms with van der Waals surface area (Å²) in [5.41, 5.74) is 0. The molecular weight excluding hydrogens is 753 g/mol. The summed E-state index contributed by atoms with van der Waals surface area (Å²) in [6.07, 6.45) is 27.3. The Labute approximate surface area is 360 Å². The summed E-state index contributed by atoms with van der Waals surface area (Å²) in [7, 11) is 0. The third kappa shape index (κ3) is 23.7. The molecule has 7 N–H and O–H groups in total. The van der Waals surface area contributed by atoms with E-state index in [0.29, 0.717) is 0 Å². The van der Waals surface area contributed by atoms with Crippen molar-refractivity contribution in [3.63, 3.8) is 0 Å². The van der Waals surface area contributed by atoms with Gasteiger partial charge in [0.1, 0.15) is 48.8 Å². The van der Waals surface area contributed by atoms with E-state index in [1.165, 1.54) is 173 Å². The van der Waals surface area contributed by atoms with E-state index in [4.69, 9.17) is 18.9 Å². The van der Waals surface area contributed by atoms with Crippen molar-refractivity contribution in [1.29, 1.82) is 0 Å². The fourth-order valence-corrected chi connectivity index (χ4v) is 8.80. The average Bonchev–Trinajstić information content (AvgIpc) is 3.24. The second kappa shape index (κ2) is 36.0. The Kier molecular flexibility index (Phi) is 33.3. The normalized spacial score (nSPS) is 28.0. The van der Waals surface area contributed by atoms with Crippen molar-refractivity contribution >= 4 is 0 Å². The zero-order valence-electron chi connectivity index (χ0n) is 37.9. The molecule has 2 saturated heterocycles. The van der Waals surface area contributed by atoms with Gasteiger partial charge in [-0.1, -0.05) is 213 Å². The maximum atomic E-state index is 11.2. The summed E-state index contributed by atoms with van der Waals surface area (Å²) in [5, 5.41) is 73.0. The van der Waals surface area contributed by atoms with Crippen LogP contribution in [0, 0.1) is 0 Å². The van der Waals surface area contributed by atoms with Crippen LogP contribution in [0.2, 0.25) is 0 Å². The van der Waals surface area contributed by atoms with Gasteiger partial charge in [-0.05, 0) is 12.8 Å². The lowest BCUT2D eigenvalue weighted by molar-refractivity contribution is -0.363. The minimum atomic E-state index is -1.70. The number of hydrogen-bond donors (Lipinski definition) is 7. The lowest BCUT2D eigenvalue weighted by atomic mass is 9.96. The molecule has 2 aliphatic rings. The Bertz CT molecular complexity index is 925. The molecule has 0 aromatic carbocycles. The van der Waals surface area contributed by atoms with Crippen LogP contribution in [0.5, 0.6) is 0 Å². The number of unbranched alkanes of at least 4 members (excludes halogenated alkanes) is 29. The van der Waals surface area contributed by atoms with E-state index < -0.39 is 74.6 Å². The summed E-state index contributed by atoms with van der Waals surface area (Å²) in [6.45, 7) is 3.32. The largest absolute Gasteiger partial charge is 0.394 e. The SMILES string of the molecule is CCCCCCCCCCCCCCCCCCC(CCCCCCCCCCCCCCCCC)O[C@@H]1O[C@@H](CO)[C@H](OC2O[C@@H](CO)[C@@H](O)[C@H](O)[C@@H]2O)[C@H](O)[C@@H]1O. The topological polar surface area (TPSA) is 179 Å². The first-order valence-electron chi connectivity index (χ1n) is 25.0. The van der Waals surface area contributed by atoms with Crippen molar-refractivity contribution in [3.05, 3.63) is 0 Å². The third-order valence-corrected chi connectivity index (χ3v) is 12.8. The van der Waals surface area contributed by atoms with Crippen LogP contribution in [0.1, 0.15) is 226 Å². The second-order valence-corrected chi connectivity index (χ2v) is 18.1. The van der Waals surface area contributed by atoms with Crippen LogP contribution in [0.4, 0.5) is 0 Å². The van der Waals surface area contributed by atoms with E-state index in [9.17, 15) is 35.7 Å². The van der Waals surface area contributed by atoms with Crippen LogP contribution >= 0.6 is 0 Å². The molecule has 0 saturated carbocycles. The van der Waals surface area contributed by atoms with Gasteiger partial charge in [0.15, 0.2) is 12.6 Å². The molecule has 2 rings (SSSR count). The number of aliphatic hydroxyl groups excluding tert-OH is 7. The van der Waals surface area contributed by atoms with Gasteiger partial charge in [-0.25, -0.2) is 0 Å². The lowest BCUT2D eigenvalue weighted by Gasteiger charge is -2.46. The van der Waals surface area contributed by atoms with Gasteiger partial charge in [-0.3, -0.25) is 0 Å². The van der Waals surface area contributed by atoms with Gasteiger partial charge in [-0.15, -0.1) is 0 Å². The Balaban J connectivity index is 1.77. The van der Waals surface area contributed by atoms with Crippen LogP contribution < -0.4 is 0 Å².